The van der Waals surface area contributed by atoms with Gasteiger partial charge in [-0.05, 0) is 23.7 Å². The monoisotopic (exact) mass is 233 g/mol. The van der Waals surface area contributed by atoms with Crippen molar-refractivity contribution >= 4 is 23.4 Å². The van der Waals surface area contributed by atoms with Crippen molar-refractivity contribution in [1.82, 2.24) is 5.32 Å². The topological polar surface area (TPSA) is 45.4 Å². The zero-order valence-corrected chi connectivity index (χ0v) is 9.14. The van der Waals surface area contributed by atoms with Crippen LogP contribution >= 0.6 is 23.4 Å². The first-order chi connectivity index (χ1) is 6.75. The molecule has 78 valence electrons. The lowest BCUT2D eigenvalue weighted by molar-refractivity contribution is 0.201. The molecule has 0 aromatic carbocycles. The smallest absolute Gasteiger partial charge is 0.193 e. The number of hydrogen-bond donors (Lipinski definition) is 2. The third-order valence-corrected chi connectivity index (χ3v) is 3.76. The van der Waals surface area contributed by atoms with Gasteiger partial charge in [-0.2, -0.15) is 0 Å². The average Bonchev–Trinajstić information content (AvgIpc) is 2.72. The fraction of sp³-hybridized carbons (Fsp3) is 0.556. The second-order valence-electron chi connectivity index (χ2n) is 3.28. The summed E-state index contributed by atoms with van der Waals surface area (Å²) >= 11 is 7.34. The van der Waals surface area contributed by atoms with Crippen LogP contribution in [-0.2, 0) is 5.75 Å². The molecule has 1 fully saturated rings. The summed E-state index contributed by atoms with van der Waals surface area (Å²) in [6.07, 6.45) is -0.245. The normalized spacial score (nSPS) is 27.0. The molecule has 1 aliphatic heterocycles. The van der Waals surface area contributed by atoms with E-state index in [0.717, 1.165) is 18.1 Å². The highest BCUT2D eigenvalue weighted by molar-refractivity contribution is 7.99. The predicted molar refractivity (Wildman–Crippen MR) is 57.7 cm³/mol. The number of β-amino-alcohol motifs (C(OH)–C–C–N with tert-alkyl or cyclic N) is 1. The Morgan fingerprint density at radius 2 is 2.43 bits per heavy atom. The van der Waals surface area contributed by atoms with Crippen molar-refractivity contribution in [1.29, 1.82) is 0 Å². The number of rotatable bonds is 3. The largest absolute Gasteiger partial charge is 0.449 e. The van der Waals surface area contributed by atoms with Gasteiger partial charge in [0.25, 0.3) is 0 Å². The fourth-order valence-corrected chi connectivity index (χ4v) is 2.68. The van der Waals surface area contributed by atoms with E-state index in [0.29, 0.717) is 11.8 Å². The number of furan rings is 1. The zero-order chi connectivity index (χ0) is 9.97. The number of halogens is 1. The van der Waals surface area contributed by atoms with E-state index in [-0.39, 0.29) is 11.4 Å². The standard InChI is InChI=1S/C9H12ClNO2S/c10-9-2-1-6(13-9)5-14-8-4-11-3-7(8)12/h1-2,7-8,11-12H,3-5H2. The van der Waals surface area contributed by atoms with Gasteiger partial charge in [-0.15, -0.1) is 11.8 Å². The van der Waals surface area contributed by atoms with Crippen molar-refractivity contribution in [2.45, 2.75) is 17.1 Å². The molecule has 5 heteroatoms. The molecule has 0 spiro atoms. The Labute approximate surface area is 91.8 Å². The highest BCUT2D eigenvalue weighted by atomic mass is 35.5. The minimum absolute atomic E-state index is 0.245. The van der Waals surface area contributed by atoms with Crippen LogP contribution in [0.1, 0.15) is 5.76 Å². The Morgan fingerprint density at radius 1 is 1.57 bits per heavy atom. The lowest BCUT2D eigenvalue weighted by atomic mass is 10.3. The molecule has 3 nitrogen and oxygen atoms in total. The van der Waals surface area contributed by atoms with E-state index < -0.39 is 0 Å². The first kappa shape index (κ1) is 10.4. The molecule has 0 saturated carbocycles. The number of hydrogen-bond acceptors (Lipinski definition) is 4. The molecule has 1 aromatic heterocycles. The molecule has 0 radical (unpaired) electrons. The maximum Gasteiger partial charge on any atom is 0.193 e. The Bertz CT molecular complexity index is 305. The quantitative estimate of drug-likeness (QED) is 0.831. The maximum absolute atomic E-state index is 9.53. The Morgan fingerprint density at radius 3 is 3.00 bits per heavy atom. The SMILES string of the molecule is OC1CNCC1SCc1ccc(Cl)o1. The van der Waals surface area contributed by atoms with E-state index in [1.54, 1.807) is 17.8 Å². The predicted octanol–water partition coefficient (Wildman–Crippen LogP) is 1.50. The molecule has 14 heavy (non-hydrogen) atoms. The molecule has 2 unspecified atom stereocenters. The summed E-state index contributed by atoms with van der Waals surface area (Å²) in [7, 11) is 0. The van der Waals surface area contributed by atoms with Gasteiger partial charge in [0.05, 0.1) is 11.9 Å². The van der Waals surface area contributed by atoms with Gasteiger partial charge in [-0.3, -0.25) is 0 Å². The Hall–Kier alpha value is -0.160. The molecule has 2 N–H and O–H groups in total. The van der Waals surface area contributed by atoms with Crippen LogP contribution in [0, 0.1) is 0 Å². The highest BCUT2D eigenvalue weighted by Gasteiger charge is 2.25. The summed E-state index contributed by atoms with van der Waals surface area (Å²) in [5, 5.41) is 13.4. The second kappa shape index (κ2) is 4.57. The van der Waals surface area contributed by atoms with Gasteiger partial charge in [0.15, 0.2) is 5.22 Å². The fourth-order valence-electron chi connectivity index (χ4n) is 1.43. The number of nitrogens with one attached hydrogen (secondary N) is 1. The van der Waals surface area contributed by atoms with Crippen molar-refractivity contribution in [3.63, 3.8) is 0 Å². The van der Waals surface area contributed by atoms with Crippen LogP contribution in [-0.4, -0.2) is 29.5 Å². The minimum Gasteiger partial charge on any atom is -0.449 e. The van der Waals surface area contributed by atoms with Crippen molar-refractivity contribution in [3.05, 3.63) is 23.1 Å². The van der Waals surface area contributed by atoms with Crippen LogP contribution in [0.15, 0.2) is 16.5 Å². The van der Waals surface area contributed by atoms with Crippen LogP contribution in [0.4, 0.5) is 0 Å². The van der Waals surface area contributed by atoms with Crippen LogP contribution in [0.25, 0.3) is 0 Å². The Balaban J connectivity index is 1.82. The van der Waals surface area contributed by atoms with Crippen molar-refractivity contribution in [2.75, 3.05) is 13.1 Å². The van der Waals surface area contributed by atoms with Crippen molar-refractivity contribution < 1.29 is 9.52 Å². The Kier molecular flexibility index (Phi) is 3.38. The van der Waals surface area contributed by atoms with Crippen LogP contribution in [0.2, 0.25) is 5.22 Å². The lowest BCUT2D eigenvalue weighted by Crippen LogP contribution is -2.20. The second-order valence-corrected chi connectivity index (χ2v) is 4.88. The molecule has 0 amide bonds. The molecule has 2 heterocycles. The van der Waals surface area contributed by atoms with Crippen LogP contribution < -0.4 is 5.32 Å². The highest BCUT2D eigenvalue weighted by Crippen LogP contribution is 2.24. The minimum atomic E-state index is -0.245. The van der Waals surface area contributed by atoms with Gasteiger partial charge < -0.3 is 14.8 Å². The summed E-state index contributed by atoms with van der Waals surface area (Å²) in [5.41, 5.74) is 0. The lowest BCUT2D eigenvalue weighted by Gasteiger charge is -2.11. The molecular formula is C9H12ClNO2S. The zero-order valence-electron chi connectivity index (χ0n) is 7.57. The number of aliphatic hydroxyl groups excluding tert-OH is 1. The molecule has 2 atom stereocenters. The summed E-state index contributed by atoms with van der Waals surface area (Å²) in [5.74, 6) is 1.62. The van der Waals surface area contributed by atoms with E-state index in [9.17, 15) is 5.11 Å². The van der Waals surface area contributed by atoms with Gasteiger partial charge >= 0.3 is 0 Å². The van der Waals surface area contributed by atoms with E-state index in [1.165, 1.54) is 0 Å². The van der Waals surface area contributed by atoms with Crippen LogP contribution in [0.5, 0.6) is 0 Å². The first-order valence-electron chi connectivity index (χ1n) is 4.50. The molecule has 0 aliphatic carbocycles. The van der Waals surface area contributed by atoms with E-state index in [2.05, 4.69) is 5.32 Å². The van der Waals surface area contributed by atoms with E-state index in [4.69, 9.17) is 16.0 Å². The molecule has 0 bridgehead atoms. The summed E-state index contributed by atoms with van der Waals surface area (Å²) in [6, 6.07) is 3.60. The van der Waals surface area contributed by atoms with E-state index in [1.807, 2.05) is 6.07 Å². The summed E-state index contributed by atoms with van der Waals surface area (Å²) < 4.78 is 5.22. The molecular weight excluding hydrogens is 222 g/mol. The van der Waals surface area contributed by atoms with Crippen molar-refractivity contribution in [3.8, 4) is 0 Å². The maximum atomic E-state index is 9.53. The van der Waals surface area contributed by atoms with Gasteiger partial charge in [0, 0.05) is 18.3 Å². The molecule has 1 aromatic rings. The molecule has 1 aliphatic rings. The summed E-state index contributed by atoms with van der Waals surface area (Å²) in [6.45, 7) is 1.55. The summed E-state index contributed by atoms with van der Waals surface area (Å²) in [4.78, 5) is 0. The van der Waals surface area contributed by atoms with Gasteiger partial charge in [0.1, 0.15) is 5.76 Å². The molecule has 2 rings (SSSR count). The first-order valence-corrected chi connectivity index (χ1v) is 5.93. The van der Waals surface area contributed by atoms with Crippen molar-refractivity contribution in [2.24, 2.45) is 0 Å². The van der Waals surface area contributed by atoms with Gasteiger partial charge in [0.2, 0.25) is 0 Å². The molecule has 1 saturated heterocycles. The van der Waals surface area contributed by atoms with Crippen LogP contribution in [0.3, 0.4) is 0 Å². The average molecular weight is 234 g/mol. The van der Waals surface area contributed by atoms with Gasteiger partial charge in [-0.1, -0.05) is 0 Å². The number of aliphatic hydroxyl groups is 1. The number of thioether (sulfide) groups is 1. The third-order valence-electron chi connectivity index (χ3n) is 2.20. The van der Waals surface area contributed by atoms with E-state index >= 15 is 0 Å². The van der Waals surface area contributed by atoms with Gasteiger partial charge in [-0.25, -0.2) is 0 Å². The third kappa shape index (κ3) is 2.45.